The van der Waals surface area contributed by atoms with E-state index in [2.05, 4.69) is 6.92 Å². The third kappa shape index (κ3) is 14.7. The van der Waals surface area contributed by atoms with E-state index in [-0.39, 0.29) is 5.48 Å². The van der Waals surface area contributed by atoms with Crippen molar-refractivity contribution < 1.29 is 10.6 Å². The molecule has 0 radical (unpaired) electrons. The molecule has 0 bridgehead atoms. The molecule has 13 heavy (non-hydrogen) atoms. The molecule has 0 aliphatic heterocycles. The molecule has 2 heteroatoms. The molecule has 82 valence electrons. The van der Waals surface area contributed by atoms with Crippen LogP contribution in [0.5, 0.6) is 0 Å². The maximum absolute atomic E-state index is 8.20. The number of hydrogen-bond acceptors (Lipinski definition) is 1. The van der Waals surface area contributed by atoms with Gasteiger partial charge in [-0.15, -0.1) is 0 Å². The second-order valence-corrected chi connectivity index (χ2v) is 3.55. The van der Waals surface area contributed by atoms with Gasteiger partial charge in [0.05, 0.1) is 0 Å². The first-order chi connectivity index (χ1) is 5.91. The van der Waals surface area contributed by atoms with Gasteiger partial charge >= 0.3 is 0 Å². The van der Waals surface area contributed by atoms with Crippen LogP contribution in [0.25, 0.3) is 0 Å². The predicted molar refractivity (Wildman–Crippen MR) is 57.9 cm³/mol. The Labute approximate surface area is 82.7 Å². The Morgan fingerprint density at radius 1 is 0.846 bits per heavy atom. The smallest absolute Gasteiger partial charge is 0.0431 e. The number of aliphatic hydroxyl groups is 1. The Kier molecular flexibility index (Phi) is 17.1. The summed E-state index contributed by atoms with van der Waals surface area (Å²) in [7, 11) is 0. The van der Waals surface area contributed by atoms with E-state index in [1.807, 2.05) is 0 Å². The molecule has 1 saturated carbocycles. The molecule has 0 aromatic rings. The minimum Gasteiger partial charge on any atom is -0.412 e. The zero-order valence-electron chi connectivity index (χ0n) is 9.02. The predicted octanol–water partition coefficient (Wildman–Crippen LogP) is 2.68. The Morgan fingerprint density at radius 3 is 1.38 bits per heavy atom. The largest absolute Gasteiger partial charge is 0.412 e. The first kappa shape index (κ1) is 15.4. The molecule has 1 rings (SSSR count). The van der Waals surface area contributed by atoms with E-state index in [1.165, 1.54) is 44.9 Å². The molecule has 0 unspecified atom stereocenters. The molecule has 1 aliphatic carbocycles. The number of rotatable bonds is 3. The van der Waals surface area contributed by atoms with Crippen molar-refractivity contribution in [1.82, 2.24) is 0 Å². The van der Waals surface area contributed by atoms with Crippen LogP contribution in [0.3, 0.4) is 0 Å². The highest BCUT2D eigenvalue weighted by Crippen LogP contribution is 2.15. The molecule has 1 aliphatic rings. The SMILES string of the molecule is C1CCCCC1.CCCCCO.O. The van der Waals surface area contributed by atoms with Gasteiger partial charge in [-0.05, 0) is 6.42 Å². The number of aliphatic hydroxyl groups excluding tert-OH is 1. The summed E-state index contributed by atoms with van der Waals surface area (Å²) < 4.78 is 0. The fraction of sp³-hybridized carbons (Fsp3) is 1.00. The molecule has 0 aromatic carbocycles. The summed E-state index contributed by atoms with van der Waals surface area (Å²) in [5.41, 5.74) is 0. The summed E-state index contributed by atoms with van der Waals surface area (Å²) in [6.45, 7) is 2.48. The van der Waals surface area contributed by atoms with E-state index in [0.717, 1.165) is 12.8 Å². The standard InChI is InChI=1S/C6H12.C5H12O.H2O/c1-2-4-6-5-3-1;1-2-3-4-5-6;/h1-6H2;6H,2-5H2,1H3;1H2. The first-order valence-corrected chi connectivity index (χ1v) is 5.52. The molecular formula is C11H26O2. The molecule has 1 fully saturated rings. The van der Waals surface area contributed by atoms with Gasteiger partial charge in [-0.1, -0.05) is 58.3 Å². The zero-order valence-corrected chi connectivity index (χ0v) is 9.02. The third-order valence-electron chi connectivity index (χ3n) is 2.26. The number of unbranched alkanes of at least 4 members (excludes halogenated alkanes) is 2. The van der Waals surface area contributed by atoms with Crippen molar-refractivity contribution in [2.75, 3.05) is 6.61 Å². The van der Waals surface area contributed by atoms with Crippen LogP contribution in [0, 0.1) is 0 Å². The Morgan fingerprint density at radius 2 is 1.23 bits per heavy atom. The van der Waals surface area contributed by atoms with E-state index in [0.29, 0.717) is 6.61 Å². The molecule has 0 atom stereocenters. The Balaban J connectivity index is 0. The number of hydrogen-bond donors (Lipinski definition) is 1. The third-order valence-corrected chi connectivity index (χ3v) is 2.26. The van der Waals surface area contributed by atoms with Crippen LogP contribution < -0.4 is 0 Å². The van der Waals surface area contributed by atoms with Crippen LogP contribution in [-0.4, -0.2) is 17.2 Å². The van der Waals surface area contributed by atoms with E-state index in [1.54, 1.807) is 0 Å². The monoisotopic (exact) mass is 190 g/mol. The van der Waals surface area contributed by atoms with Crippen molar-refractivity contribution in [3.63, 3.8) is 0 Å². The van der Waals surface area contributed by atoms with Crippen molar-refractivity contribution in [2.24, 2.45) is 0 Å². The highest BCUT2D eigenvalue weighted by atomic mass is 16.2. The average molecular weight is 190 g/mol. The molecular weight excluding hydrogens is 164 g/mol. The maximum atomic E-state index is 8.20. The summed E-state index contributed by atoms with van der Waals surface area (Å²) >= 11 is 0. The normalized spacial score (nSPS) is 15.2. The van der Waals surface area contributed by atoms with Crippen LogP contribution >= 0.6 is 0 Å². The van der Waals surface area contributed by atoms with E-state index in [9.17, 15) is 0 Å². The van der Waals surface area contributed by atoms with Crippen LogP contribution in [0.2, 0.25) is 0 Å². The Hall–Kier alpha value is -0.0800. The van der Waals surface area contributed by atoms with E-state index < -0.39 is 0 Å². The van der Waals surface area contributed by atoms with Crippen molar-refractivity contribution in [3.05, 3.63) is 0 Å². The molecule has 0 heterocycles. The summed E-state index contributed by atoms with van der Waals surface area (Å²) in [4.78, 5) is 0. The van der Waals surface area contributed by atoms with Gasteiger partial charge in [0.15, 0.2) is 0 Å². The van der Waals surface area contributed by atoms with Gasteiger partial charge in [-0.3, -0.25) is 0 Å². The minimum absolute atomic E-state index is 0. The van der Waals surface area contributed by atoms with Crippen LogP contribution in [0.1, 0.15) is 64.7 Å². The second-order valence-electron chi connectivity index (χ2n) is 3.55. The summed E-state index contributed by atoms with van der Waals surface area (Å²) in [6.07, 6.45) is 12.3. The van der Waals surface area contributed by atoms with Gasteiger partial charge in [0, 0.05) is 6.61 Å². The van der Waals surface area contributed by atoms with E-state index >= 15 is 0 Å². The molecule has 0 amide bonds. The first-order valence-electron chi connectivity index (χ1n) is 5.52. The van der Waals surface area contributed by atoms with Crippen molar-refractivity contribution >= 4 is 0 Å². The fourth-order valence-corrected chi connectivity index (χ4v) is 1.42. The van der Waals surface area contributed by atoms with Crippen LogP contribution in [0.4, 0.5) is 0 Å². The van der Waals surface area contributed by atoms with Gasteiger partial charge in [-0.25, -0.2) is 0 Å². The molecule has 3 N–H and O–H groups in total. The van der Waals surface area contributed by atoms with Crippen molar-refractivity contribution in [3.8, 4) is 0 Å². The summed E-state index contributed by atoms with van der Waals surface area (Å²) in [5, 5.41) is 8.20. The topological polar surface area (TPSA) is 51.7 Å². The van der Waals surface area contributed by atoms with Gasteiger partial charge in [0.2, 0.25) is 0 Å². The lowest BCUT2D eigenvalue weighted by molar-refractivity contribution is 0.284. The summed E-state index contributed by atoms with van der Waals surface area (Å²) in [6, 6.07) is 0. The van der Waals surface area contributed by atoms with Crippen molar-refractivity contribution in [2.45, 2.75) is 64.7 Å². The maximum Gasteiger partial charge on any atom is 0.0431 e. The van der Waals surface area contributed by atoms with E-state index in [4.69, 9.17) is 5.11 Å². The van der Waals surface area contributed by atoms with Gasteiger partial charge < -0.3 is 10.6 Å². The lowest BCUT2D eigenvalue weighted by atomic mass is 10.0. The molecule has 0 saturated heterocycles. The van der Waals surface area contributed by atoms with Gasteiger partial charge in [0.25, 0.3) is 0 Å². The average Bonchev–Trinajstić information content (AvgIpc) is 2.18. The lowest BCUT2D eigenvalue weighted by Gasteiger charge is -2.05. The second kappa shape index (κ2) is 14.4. The molecule has 0 spiro atoms. The molecule has 0 aromatic heterocycles. The quantitative estimate of drug-likeness (QED) is 0.683. The molecule has 2 nitrogen and oxygen atoms in total. The highest BCUT2D eigenvalue weighted by molar-refractivity contribution is 4.51. The highest BCUT2D eigenvalue weighted by Gasteiger charge is 1.95. The Bertz CT molecular complexity index is 55.0. The van der Waals surface area contributed by atoms with Crippen molar-refractivity contribution in [1.29, 1.82) is 0 Å². The van der Waals surface area contributed by atoms with Gasteiger partial charge in [-0.2, -0.15) is 0 Å². The van der Waals surface area contributed by atoms with Crippen LogP contribution in [-0.2, 0) is 0 Å². The summed E-state index contributed by atoms with van der Waals surface area (Å²) in [5.74, 6) is 0. The lowest BCUT2D eigenvalue weighted by Crippen LogP contribution is -1.85. The zero-order chi connectivity index (χ0) is 9.07. The van der Waals surface area contributed by atoms with Gasteiger partial charge in [0.1, 0.15) is 0 Å². The van der Waals surface area contributed by atoms with Crippen LogP contribution in [0.15, 0.2) is 0 Å². The fourth-order valence-electron chi connectivity index (χ4n) is 1.42. The minimum atomic E-state index is 0.